The second kappa shape index (κ2) is 7.30. The highest BCUT2D eigenvalue weighted by atomic mass is 35.5. The van der Waals surface area contributed by atoms with Gasteiger partial charge in [-0.1, -0.05) is 23.7 Å². The zero-order valence-electron chi connectivity index (χ0n) is 14.8. The van der Waals surface area contributed by atoms with Crippen molar-refractivity contribution in [3.63, 3.8) is 0 Å². The molecule has 0 unspecified atom stereocenters. The molecule has 6 nitrogen and oxygen atoms in total. The molecule has 0 saturated carbocycles. The lowest BCUT2D eigenvalue weighted by Gasteiger charge is -2.37. The Kier molecular flexibility index (Phi) is 5.01. The molecule has 2 fully saturated rings. The van der Waals surface area contributed by atoms with Gasteiger partial charge in [-0.3, -0.25) is 9.69 Å². The molecule has 0 spiro atoms. The molecular weight excluding hydrogens is 388 g/mol. The minimum atomic E-state index is -2.89. The second-order valence-corrected chi connectivity index (χ2v) is 9.66. The van der Waals surface area contributed by atoms with Crippen LogP contribution >= 0.6 is 11.6 Å². The van der Waals surface area contributed by atoms with Crippen molar-refractivity contribution >= 4 is 27.3 Å². The summed E-state index contributed by atoms with van der Waals surface area (Å²) < 4.78 is 29.1. The molecule has 1 aromatic carbocycles. The van der Waals surface area contributed by atoms with Crippen molar-refractivity contribution in [3.8, 4) is 11.3 Å². The van der Waals surface area contributed by atoms with E-state index in [1.165, 1.54) is 0 Å². The number of benzene rings is 1. The summed E-state index contributed by atoms with van der Waals surface area (Å²) in [6.45, 7) is 2.50. The lowest BCUT2D eigenvalue weighted by atomic mass is 10.2. The summed E-state index contributed by atoms with van der Waals surface area (Å²) in [5, 5.41) is 0.575. The highest BCUT2D eigenvalue weighted by Gasteiger charge is 2.34. The Hall–Kier alpha value is -1.83. The molecule has 144 valence electrons. The Morgan fingerprint density at radius 2 is 1.81 bits per heavy atom. The molecule has 3 heterocycles. The van der Waals surface area contributed by atoms with Crippen LogP contribution in [0, 0.1) is 0 Å². The van der Waals surface area contributed by atoms with Gasteiger partial charge >= 0.3 is 0 Å². The Balaban J connectivity index is 1.40. The number of piperazine rings is 1. The quantitative estimate of drug-likeness (QED) is 0.780. The summed E-state index contributed by atoms with van der Waals surface area (Å²) in [5.74, 6) is 1.22. The maximum absolute atomic E-state index is 12.7. The van der Waals surface area contributed by atoms with E-state index in [2.05, 4.69) is 4.90 Å². The maximum Gasteiger partial charge on any atom is 0.289 e. The van der Waals surface area contributed by atoms with Gasteiger partial charge < -0.3 is 9.32 Å². The van der Waals surface area contributed by atoms with E-state index < -0.39 is 9.84 Å². The van der Waals surface area contributed by atoms with Gasteiger partial charge in [0.2, 0.25) is 0 Å². The molecule has 2 aromatic rings. The van der Waals surface area contributed by atoms with Crippen LogP contribution < -0.4 is 0 Å². The smallest absolute Gasteiger partial charge is 0.289 e. The molecule has 0 aliphatic carbocycles. The van der Waals surface area contributed by atoms with E-state index >= 15 is 0 Å². The molecule has 0 N–H and O–H groups in total. The first-order chi connectivity index (χ1) is 12.9. The molecule has 8 heteroatoms. The number of amides is 1. The third-order valence-electron chi connectivity index (χ3n) is 5.28. The topological polar surface area (TPSA) is 70.8 Å². The molecule has 2 aliphatic heterocycles. The standard InChI is InChI=1S/C19H21ClN2O4S/c20-16-4-2-1-3-15(16)17-5-6-18(26-17)19(23)22-10-8-21(9-11-22)14-7-12-27(24,25)13-14/h1-6,14H,7-13H2/t14-/m0/s1. The summed E-state index contributed by atoms with van der Waals surface area (Å²) in [5.41, 5.74) is 0.755. The minimum Gasteiger partial charge on any atom is -0.451 e. The van der Waals surface area contributed by atoms with Gasteiger partial charge in [-0.05, 0) is 30.7 Å². The van der Waals surface area contributed by atoms with Crippen LogP contribution in [-0.4, -0.2) is 67.9 Å². The van der Waals surface area contributed by atoms with Gasteiger partial charge in [-0.15, -0.1) is 0 Å². The Morgan fingerprint density at radius 1 is 1.07 bits per heavy atom. The average Bonchev–Trinajstić information content (AvgIpc) is 3.28. The number of halogens is 1. The van der Waals surface area contributed by atoms with Crippen LogP contribution in [0.2, 0.25) is 5.02 Å². The van der Waals surface area contributed by atoms with E-state index in [1.807, 2.05) is 18.2 Å². The molecule has 1 atom stereocenters. The molecule has 1 aromatic heterocycles. The van der Waals surface area contributed by atoms with Crippen LogP contribution in [0.5, 0.6) is 0 Å². The van der Waals surface area contributed by atoms with Crippen molar-refractivity contribution in [1.29, 1.82) is 0 Å². The van der Waals surface area contributed by atoms with Crippen LogP contribution in [0.15, 0.2) is 40.8 Å². The van der Waals surface area contributed by atoms with Gasteiger partial charge in [0, 0.05) is 37.8 Å². The number of rotatable bonds is 3. The number of furan rings is 1. The fourth-order valence-corrected chi connectivity index (χ4v) is 5.76. The number of sulfone groups is 1. The zero-order valence-corrected chi connectivity index (χ0v) is 16.4. The first-order valence-corrected chi connectivity index (χ1v) is 11.2. The van der Waals surface area contributed by atoms with E-state index in [4.69, 9.17) is 16.0 Å². The van der Waals surface area contributed by atoms with E-state index in [0.29, 0.717) is 49.1 Å². The predicted octanol–water partition coefficient (Wildman–Crippen LogP) is 2.54. The van der Waals surface area contributed by atoms with Gasteiger partial charge in [-0.25, -0.2) is 8.42 Å². The van der Waals surface area contributed by atoms with Crippen molar-refractivity contribution in [2.45, 2.75) is 12.5 Å². The zero-order chi connectivity index (χ0) is 19.0. The highest BCUT2D eigenvalue weighted by Crippen LogP contribution is 2.29. The fraction of sp³-hybridized carbons (Fsp3) is 0.421. The first-order valence-electron chi connectivity index (χ1n) is 9.01. The monoisotopic (exact) mass is 408 g/mol. The fourth-order valence-electron chi connectivity index (χ4n) is 3.77. The van der Waals surface area contributed by atoms with Crippen LogP contribution in [0.25, 0.3) is 11.3 Å². The van der Waals surface area contributed by atoms with Crippen molar-refractivity contribution < 1.29 is 17.6 Å². The summed E-state index contributed by atoms with van der Waals surface area (Å²) in [7, 11) is -2.89. The molecule has 27 heavy (non-hydrogen) atoms. The number of carbonyl (C=O) groups excluding carboxylic acids is 1. The lowest BCUT2D eigenvalue weighted by Crippen LogP contribution is -2.52. The number of hydrogen-bond donors (Lipinski definition) is 0. The third kappa shape index (κ3) is 3.90. The summed E-state index contributed by atoms with van der Waals surface area (Å²) in [6, 6.07) is 10.9. The van der Waals surface area contributed by atoms with Crippen molar-refractivity contribution in [2.24, 2.45) is 0 Å². The van der Waals surface area contributed by atoms with Crippen LogP contribution in [0.4, 0.5) is 0 Å². The largest absolute Gasteiger partial charge is 0.451 e. The molecule has 0 radical (unpaired) electrons. The molecule has 1 amide bonds. The van der Waals surface area contributed by atoms with Crippen LogP contribution in [0.1, 0.15) is 17.0 Å². The van der Waals surface area contributed by atoms with Crippen LogP contribution in [0.3, 0.4) is 0 Å². The molecular formula is C19H21ClN2O4S. The van der Waals surface area contributed by atoms with Crippen LogP contribution in [-0.2, 0) is 9.84 Å². The maximum atomic E-state index is 12.7. The molecule has 2 aliphatic rings. The summed E-state index contributed by atoms with van der Waals surface area (Å²) in [6.07, 6.45) is 0.690. The Labute approximate surface area is 163 Å². The second-order valence-electron chi connectivity index (χ2n) is 7.03. The van der Waals surface area contributed by atoms with E-state index in [-0.39, 0.29) is 23.5 Å². The minimum absolute atomic E-state index is 0.0858. The van der Waals surface area contributed by atoms with Gasteiger partial charge in [-0.2, -0.15) is 0 Å². The summed E-state index contributed by atoms with van der Waals surface area (Å²) >= 11 is 6.19. The van der Waals surface area contributed by atoms with Gasteiger partial charge in [0.1, 0.15) is 5.76 Å². The molecule has 0 bridgehead atoms. The van der Waals surface area contributed by atoms with E-state index in [1.54, 1.807) is 23.1 Å². The Bertz CT molecular complexity index is 948. The first kappa shape index (κ1) is 18.5. The number of hydrogen-bond acceptors (Lipinski definition) is 5. The lowest BCUT2D eigenvalue weighted by molar-refractivity contribution is 0.0559. The van der Waals surface area contributed by atoms with Gasteiger partial charge in [0.15, 0.2) is 15.6 Å². The predicted molar refractivity (Wildman–Crippen MR) is 104 cm³/mol. The van der Waals surface area contributed by atoms with Gasteiger partial charge in [0.25, 0.3) is 5.91 Å². The van der Waals surface area contributed by atoms with E-state index in [0.717, 1.165) is 5.56 Å². The normalized spacial score (nSPS) is 22.9. The van der Waals surface area contributed by atoms with Crippen molar-refractivity contribution in [1.82, 2.24) is 9.80 Å². The van der Waals surface area contributed by atoms with Crippen molar-refractivity contribution in [2.75, 3.05) is 37.7 Å². The molecule has 4 rings (SSSR count). The summed E-state index contributed by atoms with van der Waals surface area (Å²) in [4.78, 5) is 16.7. The van der Waals surface area contributed by atoms with E-state index in [9.17, 15) is 13.2 Å². The van der Waals surface area contributed by atoms with Crippen molar-refractivity contribution in [3.05, 3.63) is 47.2 Å². The third-order valence-corrected chi connectivity index (χ3v) is 7.36. The highest BCUT2D eigenvalue weighted by molar-refractivity contribution is 7.91. The van der Waals surface area contributed by atoms with Gasteiger partial charge in [0.05, 0.1) is 16.5 Å². The Morgan fingerprint density at radius 3 is 2.48 bits per heavy atom. The average molecular weight is 409 g/mol. The SMILES string of the molecule is O=C(c1ccc(-c2ccccc2Cl)o1)N1CCN([C@H]2CCS(=O)(=O)C2)CC1. The number of nitrogens with zero attached hydrogens (tertiary/aromatic N) is 2. The molecule has 2 saturated heterocycles. The number of carbonyl (C=O) groups is 1.